The molecular formula is C26H29N7O. The predicted octanol–water partition coefficient (Wildman–Crippen LogP) is 4.49. The normalized spacial score (nSPS) is 16.0. The molecule has 34 heavy (non-hydrogen) atoms. The molecule has 0 amide bonds. The number of aromatic nitrogens is 5. The van der Waals surface area contributed by atoms with E-state index in [1.54, 1.807) is 16.9 Å². The summed E-state index contributed by atoms with van der Waals surface area (Å²) in [6.45, 7) is 8.32. The van der Waals surface area contributed by atoms with Gasteiger partial charge in [0, 0.05) is 29.2 Å². The van der Waals surface area contributed by atoms with E-state index in [-0.39, 0.29) is 6.10 Å². The van der Waals surface area contributed by atoms with Gasteiger partial charge in [-0.2, -0.15) is 15.5 Å². The van der Waals surface area contributed by atoms with Gasteiger partial charge in [0.15, 0.2) is 0 Å². The smallest absolute Gasteiger partial charge is 0.148 e. The maximum atomic E-state index is 9.65. The first-order valence-electron chi connectivity index (χ1n) is 11.7. The molecule has 5 heterocycles. The Balaban J connectivity index is 1.58. The third-order valence-corrected chi connectivity index (χ3v) is 6.75. The lowest BCUT2D eigenvalue weighted by Crippen LogP contribution is -2.32. The van der Waals surface area contributed by atoms with Crippen molar-refractivity contribution in [2.45, 2.75) is 45.8 Å². The molecule has 0 radical (unpaired) electrons. The highest BCUT2D eigenvalue weighted by atomic mass is 16.5. The lowest BCUT2D eigenvalue weighted by atomic mass is 10.0. The topological polar surface area (TPSA) is 84.3 Å². The van der Waals surface area contributed by atoms with E-state index in [0.717, 1.165) is 54.1 Å². The van der Waals surface area contributed by atoms with Gasteiger partial charge in [0.25, 0.3) is 0 Å². The van der Waals surface area contributed by atoms with Gasteiger partial charge in [-0.25, -0.2) is 4.52 Å². The molecule has 8 heteroatoms. The fourth-order valence-electron chi connectivity index (χ4n) is 4.94. The number of rotatable bonds is 5. The van der Waals surface area contributed by atoms with E-state index in [1.807, 2.05) is 37.4 Å². The number of likely N-dealkylation sites (tertiary alicyclic amines) is 1. The number of aryl methyl sites for hydroxylation is 1. The van der Waals surface area contributed by atoms with E-state index in [9.17, 15) is 5.26 Å². The molecule has 0 spiro atoms. The van der Waals surface area contributed by atoms with Crippen LogP contribution in [0.5, 0.6) is 5.75 Å². The van der Waals surface area contributed by atoms with Crippen LogP contribution in [0.1, 0.15) is 54.6 Å². The second-order valence-corrected chi connectivity index (χ2v) is 9.10. The van der Waals surface area contributed by atoms with E-state index >= 15 is 0 Å². The molecular weight excluding hydrogens is 426 g/mol. The van der Waals surface area contributed by atoms with Crippen LogP contribution in [0.2, 0.25) is 0 Å². The van der Waals surface area contributed by atoms with Gasteiger partial charge >= 0.3 is 0 Å². The summed E-state index contributed by atoms with van der Waals surface area (Å²) >= 11 is 0. The van der Waals surface area contributed by atoms with Gasteiger partial charge in [-0.1, -0.05) is 6.07 Å². The van der Waals surface area contributed by atoms with Crippen LogP contribution in [-0.2, 0) is 0 Å². The Morgan fingerprint density at radius 1 is 1.21 bits per heavy atom. The summed E-state index contributed by atoms with van der Waals surface area (Å²) < 4.78 is 10.3. The maximum absolute atomic E-state index is 9.65. The second-order valence-electron chi connectivity index (χ2n) is 9.10. The maximum Gasteiger partial charge on any atom is 0.148 e. The van der Waals surface area contributed by atoms with Gasteiger partial charge in [0.1, 0.15) is 29.0 Å². The molecule has 0 aromatic carbocycles. The van der Waals surface area contributed by atoms with Crippen molar-refractivity contribution in [1.29, 1.82) is 5.26 Å². The third kappa shape index (κ3) is 3.93. The van der Waals surface area contributed by atoms with Crippen LogP contribution >= 0.6 is 0 Å². The van der Waals surface area contributed by atoms with Crippen LogP contribution in [0.15, 0.2) is 42.9 Å². The number of nitriles is 1. The summed E-state index contributed by atoms with van der Waals surface area (Å²) in [5.41, 5.74) is 6.14. The van der Waals surface area contributed by atoms with Crippen molar-refractivity contribution in [2.75, 3.05) is 20.1 Å². The molecule has 0 N–H and O–H groups in total. The lowest BCUT2D eigenvalue weighted by molar-refractivity contribution is 0.210. The average Bonchev–Trinajstić information content (AvgIpc) is 3.40. The van der Waals surface area contributed by atoms with E-state index in [1.165, 1.54) is 0 Å². The van der Waals surface area contributed by atoms with Crippen molar-refractivity contribution in [3.63, 3.8) is 0 Å². The summed E-state index contributed by atoms with van der Waals surface area (Å²) in [4.78, 5) is 6.79. The highest BCUT2D eigenvalue weighted by Gasteiger charge is 2.25. The summed E-state index contributed by atoms with van der Waals surface area (Å²) in [5.74, 6) is 0.607. The molecule has 1 aliphatic heterocycles. The standard InChI is InChI=1S/C26H29N7O/c1-17-25(18(2)33(30-17)22-8-11-31(4)12-9-22)20-13-24(26-21(14-27)15-29-32(26)16-20)34-19(3)23-7-5-6-10-28-23/h5-7,10,13,15-16,19,22H,8-9,11-12H2,1-4H3/t19-/m1/s1. The van der Waals surface area contributed by atoms with Crippen molar-refractivity contribution in [1.82, 2.24) is 29.3 Å². The zero-order valence-corrected chi connectivity index (χ0v) is 20.1. The van der Waals surface area contributed by atoms with Crippen LogP contribution in [0.4, 0.5) is 0 Å². The Morgan fingerprint density at radius 3 is 2.71 bits per heavy atom. The van der Waals surface area contributed by atoms with Crippen LogP contribution < -0.4 is 4.74 Å². The molecule has 5 rings (SSSR count). The Bertz CT molecular complexity index is 1360. The molecule has 1 atom stereocenters. The highest BCUT2D eigenvalue weighted by molar-refractivity contribution is 5.77. The van der Waals surface area contributed by atoms with Gasteiger partial charge in [-0.05, 0) is 71.9 Å². The molecule has 4 aromatic heterocycles. The minimum absolute atomic E-state index is 0.286. The van der Waals surface area contributed by atoms with Gasteiger partial charge in [0.05, 0.1) is 23.6 Å². The zero-order chi connectivity index (χ0) is 23.8. The molecule has 0 unspecified atom stereocenters. The molecule has 0 saturated carbocycles. The number of ether oxygens (including phenoxy) is 1. The minimum atomic E-state index is -0.286. The molecule has 1 saturated heterocycles. The molecule has 174 valence electrons. The van der Waals surface area contributed by atoms with Crippen molar-refractivity contribution >= 4 is 5.52 Å². The van der Waals surface area contributed by atoms with Gasteiger partial charge in [-0.3, -0.25) is 9.67 Å². The number of nitrogens with zero attached hydrogens (tertiary/aromatic N) is 7. The Kier molecular flexibility index (Phi) is 5.80. The van der Waals surface area contributed by atoms with Crippen LogP contribution in [0, 0.1) is 25.2 Å². The highest BCUT2D eigenvalue weighted by Crippen LogP contribution is 2.36. The van der Waals surface area contributed by atoms with E-state index in [2.05, 4.69) is 46.6 Å². The van der Waals surface area contributed by atoms with Crippen LogP contribution in [0.3, 0.4) is 0 Å². The minimum Gasteiger partial charge on any atom is -0.482 e. The Labute approximate surface area is 199 Å². The first-order chi connectivity index (χ1) is 16.5. The van der Waals surface area contributed by atoms with E-state index in [4.69, 9.17) is 9.84 Å². The van der Waals surface area contributed by atoms with Gasteiger partial charge < -0.3 is 9.64 Å². The number of fused-ring (bicyclic) bond motifs is 1. The van der Waals surface area contributed by atoms with Crippen molar-refractivity contribution < 1.29 is 4.74 Å². The number of piperidine rings is 1. The molecule has 1 aliphatic rings. The van der Waals surface area contributed by atoms with Crippen molar-refractivity contribution in [3.05, 3.63) is 65.5 Å². The first-order valence-corrected chi connectivity index (χ1v) is 11.7. The third-order valence-electron chi connectivity index (χ3n) is 6.75. The number of hydrogen-bond donors (Lipinski definition) is 0. The predicted molar refractivity (Wildman–Crippen MR) is 130 cm³/mol. The average molecular weight is 456 g/mol. The SMILES string of the molecule is Cc1nn(C2CCN(C)CC2)c(C)c1-c1cc(O[C@H](C)c2ccccn2)c2c(C#N)cnn2c1. The fraction of sp³-hybridized carbons (Fsp3) is 0.385. The Morgan fingerprint density at radius 2 is 2.00 bits per heavy atom. The monoisotopic (exact) mass is 455 g/mol. The van der Waals surface area contributed by atoms with E-state index in [0.29, 0.717) is 22.9 Å². The fourth-order valence-corrected chi connectivity index (χ4v) is 4.94. The molecule has 0 bridgehead atoms. The molecule has 4 aromatic rings. The summed E-state index contributed by atoms with van der Waals surface area (Å²) in [6, 6.07) is 10.4. The number of pyridine rings is 2. The van der Waals surface area contributed by atoms with Crippen LogP contribution in [-0.4, -0.2) is 49.4 Å². The van der Waals surface area contributed by atoms with Gasteiger partial charge in [0.2, 0.25) is 0 Å². The Hall–Kier alpha value is -3.70. The summed E-state index contributed by atoms with van der Waals surface area (Å²) in [5, 5.41) is 19.0. The summed E-state index contributed by atoms with van der Waals surface area (Å²) in [7, 11) is 2.17. The molecule has 8 nitrogen and oxygen atoms in total. The van der Waals surface area contributed by atoms with Crippen molar-refractivity contribution in [2.24, 2.45) is 0 Å². The molecule has 0 aliphatic carbocycles. The van der Waals surface area contributed by atoms with Crippen LogP contribution in [0.25, 0.3) is 16.6 Å². The lowest BCUT2D eigenvalue weighted by Gasteiger charge is -2.29. The largest absolute Gasteiger partial charge is 0.482 e. The zero-order valence-electron chi connectivity index (χ0n) is 20.1. The quantitative estimate of drug-likeness (QED) is 0.441. The van der Waals surface area contributed by atoms with Gasteiger partial charge in [-0.15, -0.1) is 0 Å². The number of hydrogen-bond acceptors (Lipinski definition) is 6. The summed E-state index contributed by atoms with van der Waals surface area (Å²) in [6.07, 6.45) is 7.20. The van der Waals surface area contributed by atoms with E-state index < -0.39 is 0 Å². The first kappa shape index (κ1) is 22.1. The second kappa shape index (κ2) is 8.92. The van der Waals surface area contributed by atoms with Crippen molar-refractivity contribution in [3.8, 4) is 22.9 Å². The molecule has 1 fully saturated rings.